The average Bonchev–Trinajstić information content (AvgIpc) is 2.52. The molecule has 0 aliphatic rings. The predicted octanol–water partition coefficient (Wildman–Crippen LogP) is 1.14. The van der Waals surface area contributed by atoms with Crippen molar-refractivity contribution in [2.75, 3.05) is 13.1 Å². The zero-order chi connectivity index (χ0) is 9.68. The number of carbonyl (C=O) groups excluding carboxylic acids is 1. The summed E-state index contributed by atoms with van der Waals surface area (Å²) in [7, 11) is 0. The van der Waals surface area contributed by atoms with Gasteiger partial charge in [0.2, 0.25) is 0 Å². The quantitative estimate of drug-likeness (QED) is 0.713. The van der Waals surface area contributed by atoms with Crippen LogP contribution in [0.1, 0.15) is 21.7 Å². The molecular weight excluding hydrogens is 184 g/mol. The van der Waals surface area contributed by atoms with Gasteiger partial charge in [-0.05, 0) is 26.0 Å². The van der Waals surface area contributed by atoms with Gasteiger partial charge in [0.25, 0.3) is 5.91 Å². The van der Waals surface area contributed by atoms with Crippen LogP contribution in [0.2, 0.25) is 0 Å². The van der Waals surface area contributed by atoms with Crippen molar-refractivity contribution in [1.82, 2.24) is 5.32 Å². The lowest BCUT2D eigenvalue weighted by Gasteiger charge is -2.00. The van der Waals surface area contributed by atoms with Crippen LogP contribution in [0, 0.1) is 6.92 Å². The van der Waals surface area contributed by atoms with Gasteiger partial charge in [-0.1, -0.05) is 0 Å². The number of nitrogens with one attached hydrogen (secondary N) is 1. The molecule has 13 heavy (non-hydrogen) atoms. The Kier molecular flexibility index (Phi) is 3.92. The SMILES string of the molecule is Cc1cc(C(=O)NCCCN)cs1. The zero-order valence-corrected chi connectivity index (χ0v) is 8.49. The van der Waals surface area contributed by atoms with E-state index < -0.39 is 0 Å². The van der Waals surface area contributed by atoms with Crippen molar-refractivity contribution >= 4 is 17.2 Å². The van der Waals surface area contributed by atoms with Gasteiger partial charge >= 0.3 is 0 Å². The molecule has 1 heterocycles. The van der Waals surface area contributed by atoms with E-state index in [1.54, 1.807) is 11.3 Å². The minimum absolute atomic E-state index is 0.00204. The van der Waals surface area contributed by atoms with Crippen LogP contribution in [-0.2, 0) is 0 Å². The summed E-state index contributed by atoms with van der Waals surface area (Å²) in [4.78, 5) is 12.5. The van der Waals surface area contributed by atoms with Gasteiger partial charge in [0.05, 0.1) is 5.56 Å². The first-order valence-electron chi connectivity index (χ1n) is 4.27. The summed E-state index contributed by atoms with van der Waals surface area (Å²) >= 11 is 1.59. The molecule has 0 spiro atoms. The highest BCUT2D eigenvalue weighted by molar-refractivity contribution is 7.10. The van der Waals surface area contributed by atoms with Crippen molar-refractivity contribution in [2.45, 2.75) is 13.3 Å². The van der Waals surface area contributed by atoms with E-state index in [9.17, 15) is 4.79 Å². The molecule has 1 aromatic heterocycles. The highest BCUT2D eigenvalue weighted by atomic mass is 32.1. The van der Waals surface area contributed by atoms with E-state index in [0.717, 1.165) is 16.9 Å². The third kappa shape index (κ3) is 3.16. The lowest BCUT2D eigenvalue weighted by Crippen LogP contribution is -2.25. The summed E-state index contributed by atoms with van der Waals surface area (Å²) in [5, 5.41) is 4.67. The lowest BCUT2D eigenvalue weighted by molar-refractivity contribution is 0.0954. The van der Waals surface area contributed by atoms with E-state index >= 15 is 0 Å². The molecule has 0 atom stereocenters. The lowest BCUT2D eigenvalue weighted by atomic mass is 10.3. The Balaban J connectivity index is 2.40. The topological polar surface area (TPSA) is 55.1 Å². The second-order valence-corrected chi connectivity index (χ2v) is 3.96. The maximum Gasteiger partial charge on any atom is 0.252 e. The number of hydrogen-bond donors (Lipinski definition) is 2. The third-order valence-corrected chi connectivity index (χ3v) is 2.52. The number of aryl methyl sites for hydroxylation is 1. The zero-order valence-electron chi connectivity index (χ0n) is 7.67. The Labute approximate surface area is 81.9 Å². The Hall–Kier alpha value is -0.870. The Morgan fingerprint density at radius 2 is 2.46 bits per heavy atom. The molecule has 1 amide bonds. The van der Waals surface area contributed by atoms with Crippen LogP contribution in [0.15, 0.2) is 11.4 Å². The second kappa shape index (κ2) is 4.99. The number of rotatable bonds is 4. The standard InChI is InChI=1S/C9H14N2OS/c1-7-5-8(6-13-7)9(12)11-4-2-3-10/h5-6H,2-4,10H2,1H3,(H,11,12). The van der Waals surface area contributed by atoms with Gasteiger partial charge < -0.3 is 11.1 Å². The average molecular weight is 198 g/mol. The van der Waals surface area contributed by atoms with Crippen molar-refractivity contribution in [1.29, 1.82) is 0 Å². The molecule has 1 aromatic rings. The Bertz CT molecular complexity index is 283. The van der Waals surface area contributed by atoms with E-state index in [2.05, 4.69) is 5.32 Å². The summed E-state index contributed by atoms with van der Waals surface area (Å²) in [5.74, 6) is -0.00204. The maximum absolute atomic E-state index is 11.4. The summed E-state index contributed by atoms with van der Waals surface area (Å²) < 4.78 is 0. The maximum atomic E-state index is 11.4. The first-order valence-corrected chi connectivity index (χ1v) is 5.15. The van der Waals surface area contributed by atoms with Gasteiger partial charge in [-0.25, -0.2) is 0 Å². The molecule has 0 fully saturated rings. The van der Waals surface area contributed by atoms with Crippen molar-refractivity contribution in [3.8, 4) is 0 Å². The highest BCUT2D eigenvalue weighted by Crippen LogP contribution is 2.12. The van der Waals surface area contributed by atoms with Crippen molar-refractivity contribution in [3.63, 3.8) is 0 Å². The third-order valence-electron chi connectivity index (χ3n) is 1.66. The van der Waals surface area contributed by atoms with E-state index in [4.69, 9.17) is 5.73 Å². The molecule has 72 valence electrons. The molecule has 0 bridgehead atoms. The van der Waals surface area contributed by atoms with Crippen LogP contribution in [0.3, 0.4) is 0 Å². The molecule has 3 N–H and O–H groups in total. The normalized spacial score (nSPS) is 10.0. The number of thiophene rings is 1. The van der Waals surface area contributed by atoms with Crippen LogP contribution < -0.4 is 11.1 Å². The fraction of sp³-hybridized carbons (Fsp3) is 0.444. The molecular formula is C9H14N2OS. The summed E-state index contributed by atoms with van der Waals surface area (Å²) in [6.45, 7) is 3.26. The molecule has 0 aliphatic carbocycles. The minimum atomic E-state index is -0.00204. The Morgan fingerprint density at radius 1 is 1.69 bits per heavy atom. The molecule has 3 nitrogen and oxygen atoms in total. The van der Waals surface area contributed by atoms with E-state index in [1.807, 2.05) is 18.4 Å². The smallest absolute Gasteiger partial charge is 0.252 e. The molecule has 0 radical (unpaired) electrons. The van der Waals surface area contributed by atoms with Gasteiger partial charge in [0.1, 0.15) is 0 Å². The van der Waals surface area contributed by atoms with Crippen LogP contribution in [0.4, 0.5) is 0 Å². The van der Waals surface area contributed by atoms with Crippen LogP contribution in [0.5, 0.6) is 0 Å². The van der Waals surface area contributed by atoms with Crippen molar-refractivity contribution in [3.05, 3.63) is 21.9 Å². The van der Waals surface area contributed by atoms with Gasteiger partial charge in [0.15, 0.2) is 0 Å². The number of carbonyl (C=O) groups is 1. The second-order valence-electron chi connectivity index (χ2n) is 2.84. The first kappa shape index (κ1) is 10.2. The fourth-order valence-corrected chi connectivity index (χ4v) is 1.65. The van der Waals surface area contributed by atoms with Crippen molar-refractivity contribution in [2.24, 2.45) is 5.73 Å². The summed E-state index contributed by atoms with van der Waals surface area (Å²) in [6, 6.07) is 1.89. The predicted molar refractivity (Wildman–Crippen MR) is 55.1 cm³/mol. The number of amides is 1. The van der Waals surface area contributed by atoms with Gasteiger partial charge in [-0.15, -0.1) is 11.3 Å². The molecule has 0 aromatic carbocycles. The molecule has 4 heteroatoms. The van der Waals surface area contributed by atoms with E-state index in [-0.39, 0.29) is 5.91 Å². The van der Waals surface area contributed by atoms with E-state index in [0.29, 0.717) is 13.1 Å². The molecule has 0 unspecified atom stereocenters. The van der Waals surface area contributed by atoms with Crippen LogP contribution in [-0.4, -0.2) is 19.0 Å². The summed E-state index contributed by atoms with van der Waals surface area (Å²) in [6.07, 6.45) is 0.828. The van der Waals surface area contributed by atoms with Crippen molar-refractivity contribution < 1.29 is 4.79 Å². The number of hydrogen-bond acceptors (Lipinski definition) is 3. The summed E-state index contributed by atoms with van der Waals surface area (Å²) in [5.41, 5.74) is 6.06. The number of nitrogens with two attached hydrogens (primary N) is 1. The molecule has 0 saturated carbocycles. The highest BCUT2D eigenvalue weighted by Gasteiger charge is 2.05. The monoisotopic (exact) mass is 198 g/mol. The molecule has 0 saturated heterocycles. The largest absolute Gasteiger partial charge is 0.352 e. The van der Waals surface area contributed by atoms with Gasteiger partial charge in [-0.3, -0.25) is 4.79 Å². The van der Waals surface area contributed by atoms with Crippen LogP contribution in [0.25, 0.3) is 0 Å². The first-order chi connectivity index (χ1) is 6.24. The van der Waals surface area contributed by atoms with Gasteiger partial charge in [0, 0.05) is 16.8 Å². The Morgan fingerprint density at radius 3 is 3.00 bits per heavy atom. The van der Waals surface area contributed by atoms with E-state index in [1.165, 1.54) is 0 Å². The molecule has 1 rings (SSSR count). The minimum Gasteiger partial charge on any atom is -0.352 e. The van der Waals surface area contributed by atoms with Gasteiger partial charge in [-0.2, -0.15) is 0 Å². The molecule has 0 aliphatic heterocycles. The van der Waals surface area contributed by atoms with Crippen LogP contribution >= 0.6 is 11.3 Å². The fourth-order valence-electron chi connectivity index (χ4n) is 0.969.